The average molecular weight is 469 g/mol. The predicted molar refractivity (Wildman–Crippen MR) is 122 cm³/mol. The van der Waals surface area contributed by atoms with Gasteiger partial charge in [-0.1, -0.05) is 0 Å². The number of nitrogens with one attached hydrogen (secondary N) is 1. The number of carbonyl (C=O) groups excluding carboxylic acids is 2. The third kappa shape index (κ3) is 4.36. The van der Waals surface area contributed by atoms with Crippen molar-refractivity contribution in [3.63, 3.8) is 0 Å². The Hall–Kier alpha value is -3.44. The molecule has 1 unspecified atom stereocenters. The fraction of sp³-hybridized carbons (Fsp3) is 0.478. The monoisotopic (exact) mass is 469 g/mol. The van der Waals surface area contributed by atoms with Crippen LogP contribution in [0.25, 0.3) is 0 Å². The van der Waals surface area contributed by atoms with Gasteiger partial charge in [0.15, 0.2) is 17.3 Å². The molecule has 11 heteroatoms. The summed E-state index contributed by atoms with van der Waals surface area (Å²) in [5.41, 5.74) is 0.958. The fourth-order valence-electron chi connectivity index (χ4n) is 4.46. The lowest BCUT2D eigenvalue weighted by Crippen LogP contribution is -2.48. The maximum Gasteiger partial charge on any atom is 0.356 e. The molecule has 0 saturated carbocycles. The zero-order valence-corrected chi connectivity index (χ0v) is 19.3. The summed E-state index contributed by atoms with van der Waals surface area (Å²) in [5.74, 6) is 0.159. The molecule has 2 saturated heterocycles. The first-order valence-electron chi connectivity index (χ1n) is 11.2. The molecule has 0 aromatic carbocycles. The van der Waals surface area contributed by atoms with E-state index in [9.17, 15) is 9.59 Å². The molecule has 3 aliphatic heterocycles. The van der Waals surface area contributed by atoms with Crippen LogP contribution in [0.1, 0.15) is 30.8 Å². The average Bonchev–Trinajstić information content (AvgIpc) is 3.40. The van der Waals surface area contributed by atoms with Crippen molar-refractivity contribution in [3.8, 4) is 5.75 Å². The molecule has 2 bridgehead atoms. The summed E-state index contributed by atoms with van der Waals surface area (Å²) in [7, 11) is 1.30. The molecule has 5 heterocycles. The molecular weight excluding hydrogens is 442 g/mol. The topological polar surface area (TPSA) is 115 Å². The molecule has 0 spiro atoms. The van der Waals surface area contributed by atoms with Crippen LogP contribution in [0, 0.1) is 0 Å². The lowest BCUT2D eigenvalue weighted by molar-refractivity contribution is -0.141. The van der Waals surface area contributed by atoms with E-state index in [4.69, 9.17) is 18.9 Å². The minimum Gasteiger partial charge on any atom is -0.491 e. The Balaban J connectivity index is 1.31. The third-order valence-electron chi connectivity index (χ3n) is 6.03. The van der Waals surface area contributed by atoms with Crippen LogP contribution >= 0.6 is 0 Å². The van der Waals surface area contributed by atoms with Gasteiger partial charge in [0.05, 0.1) is 25.4 Å². The van der Waals surface area contributed by atoms with Crippen molar-refractivity contribution in [1.29, 1.82) is 0 Å². The molecule has 1 N–H and O–H groups in total. The predicted octanol–water partition coefficient (Wildman–Crippen LogP) is 2.42. The zero-order valence-electron chi connectivity index (χ0n) is 19.3. The van der Waals surface area contributed by atoms with Gasteiger partial charge in [0.1, 0.15) is 24.3 Å². The zero-order chi connectivity index (χ0) is 23.9. The number of carbonyl (C=O) groups is 2. The van der Waals surface area contributed by atoms with Crippen molar-refractivity contribution >= 4 is 29.3 Å². The first kappa shape index (κ1) is 22.4. The maximum absolute atomic E-state index is 13.3. The number of pyridine rings is 2. The van der Waals surface area contributed by atoms with Crippen molar-refractivity contribution in [2.75, 3.05) is 48.5 Å². The van der Waals surface area contributed by atoms with E-state index in [1.54, 1.807) is 35.4 Å². The summed E-state index contributed by atoms with van der Waals surface area (Å²) in [6, 6.07) is 6.35. The van der Waals surface area contributed by atoms with Crippen molar-refractivity contribution in [2.45, 2.75) is 38.2 Å². The molecule has 2 atom stereocenters. The van der Waals surface area contributed by atoms with Gasteiger partial charge in [-0.05, 0) is 38.5 Å². The SMILES string of the molecule is COC(=O)c1ccc2c(n1)N(C(=O)Nc1cc(OC[C@H]3COC(C)(C)O3)ccn1)C1CCN2C1. The summed E-state index contributed by atoms with van der Waals surface area (Å²) < 4.78 is 21.9. The van der Waals surface area contributed by atoms with E-state index < -0.39 is 11.8 Å². The smallest absolute Gasteiger partial charge is 0.356 e. The number of esters is 1. The van der Waals surface area contributed by atoms with Crippen LogP contribution < -0.4 is 19.9 Å². The number of hydrogen-bond donors (Lipinski definition) is 1. The van der Waals surface area contributed by atoms with Crippen LogP contribution in [-0.4, -0.2) is 73.3 Å². The highest BCUT2D eigenvalue weighted by Crippen LogP contribution is 2.39. The summed E-state index contributed by atoms with van der Waals surface area (Å²) in [5, 5.41) is 2.84. The quantitative estimate of drug-likeness (QED) is 0.659. The molecule has 2 aromatic heterocycles. The summed E-state index contributed by atoms with van der Waals surface area (Å²) in [6.07, 6.45) is 2.19. The van der Waals surface area contributed by atoms with Crippen molar-refractivity contribution in [3.05, 3.63) is 36.2 Å². The summed E-state index contributed by atoms with van der Waals surface area (Å²) >= 11 is 0. The van der Waals surface area contributed by atoms with Crippen LogP contribution in [0.4, 0.5) is 22.1 Å². The number of fused-ring (bicyclic) bond motifs is 4. The molecule has 180 valence electrons. The Morgan fingerprint density at radius 1 is 1.29 bits per heavy atom. The normalized spacial score (nSPS) is 22.3. The summed E-state index contributed by atoms with van der Waals surface area (Å²) in [4.78, 5) is 37.8. The fourth-order valence-corrected chi connectivity index (χ4v) is 4.46. The van der Waals surface area contributed by atoms with Crippen LogP contribution in [0.3, 0.4) is 0 Å². The molecule has 3 aliphatic rings. The molecule has 2 fully saturated rings. The van der Waals surface area contributed by atoms with Crippen LogP contribution in [0.2, 0.25) is 0 Å². The lowest BCUT2D eigenvalue weighted by atomic mass is 10.2. The highest BCUT2D eigenvalue weighted by Gasteiger charge is 2.40. The molecule has 2 amide bonds. The number of ether oxygens (including phenoxy) is 4. The van der Waals surface area contributed by atoms with Crippen LogP contribution in [0.15, 0.2) is 30.5 Å². The highest BCUT2D eigenvalue weighted by molar-refractivity contribution is 6.04. The Bertz CT molecular complexity index is 1110. The molecule has 34 heavy (non-hydrogen) atoms. The second kappa shape index (κ2) is 8.73. The molecule has 0 radical (unpaired) electrons. The van der Waals surface area contributed by atoms with E-state index in [1.807, 2.05) is 13.8 Å². The number of anilines is 3. The van der Waals surface area contributed by atoms with Gasteiger partial charge >= 0.3 is 12.0 Å². The number of aromatic nitrogens is 2. The Morgan fingerprint density at radius 2 is 2.15 bits per heavy atom. The molecule has 2 aromatic rings. The van der Waals surface area contributed by atoms with Crippen LogP contribution in [-0.2, 0) is 14.2 Å². The summed E-state index contributed by atoms with van der Waals surface area (Å²) in [6.45, 7) is 6.01. The van der Waals surface area contributed by atoms with E-state index in [0.29, 0.717) is 37.1 Å². The van der Waals surface area contributed by atoms with E-state index in [0.717, 1.165) is 18.7 Å². The maximum atomic E-state index is 13.3. The minimum atomic E-state index is -0.617. The second-order valence-electron chi connectivity index (χ2n) is 8.86. The number of amides is 2. The molecule has 5 rings (SSSR count). The number of nitrogens with zero attached hydrogens (tertiary/aromatic N) is 4. The standard InChI is InChI=1S/C23H27N5O6/c1-23(2)33-13-16(34-23)12-32-15-6-8-24-19(10-15)26-22(30)28-14-7-9-27(11-14)18-5-4-17(21(29)31-3)25-20(18)28/h4-6,8,10,14,16H,7,9,11-13H2,1-3H3,(H,24,26,30)/t14?,16-/m0/s1. The Kier molecular flexibility index (Phi) is 5.74. The van der Waals surface area contributed by atoms with Crippen LogP contribution in [0.5, 0.6) is 5.75 Å². The van der Waals surface area contributed by atoms with Crippen molar-refractivity contribution in [2.24, 2.45) is 0 Å². The number of hydrogen-bond acceptors (Lipinski definition) is 9. The Morgan fingerprint density at radius 3 is 2.91 bits per heavy atom. The van der Waals surface area contributed by atoms with E-state index in [-0.39, 0.29) is 23.9 Å². The van der Waals surface area contributed by atoms with E-state index >= 15 is 0 Å². The number of methoxy groups -OCH3 is 1. The first-order valence-corrected chi connectivity index (χ1v) is 11.2. The van der Waals surface area contributed by atoms with Gasteiger partial charge in [0, 0.05) is 25.4 Å². The number of rotatable bonds is 5. The van der Waals surface area contributed by atoms with Crippen molar-refractivity contribution in [1.82, 2.24) is 9.97 Å². The first-order chi connectivity index (χ1) is 16.3. The van der Waals surface area contributed by atoms with E-state index in [1.165, 1.54) is 7.11 Å². The van der Waals surface area contributed by atoms with Gasteiger partial charge < -0.3 is 23.8 Å². The molecular formula is C23H27N5O6. The molecule has 11 nitrogen and oxygen atoms in total. The largest absolute Gasteiger partial charge is 0.491 e. The van der Waals surface area contributed by atoms with Gasteiger partial charge in [0.2, 0.25) is 0 Å². The highest BCUT2D eigenvalue weighted by atomic mass is 16.7. The Labute approximate surface area is 197 Å². The van der Waals surface area contributed by atoms with Crippen molar-refractivity contribution < 1.29 is 28.5 Å². The molecule has 0 aliphatic carbocycles. The lowest BCUT2D eigenvalue weighted by Gasteiger charge is -2.35. The third-order valence-corrected chi connectivity index (χ3v) is 6.03. The van der Waals surface area contributed by atoms with Gasteiger partial charge in [-0.15, -0.1) is 0 Å². The van der Waals surface area contributed by atoms with Gasteiger partial charge in [-0.3, -0.25) is 10.2 Å². The van der Waals surface area contributed by atoms with Gasteiger partial charge in [-0.2, -0.15) is 0 Å². The van der Waals surface area contributed by atoms with E-state index in [2.05, 4.69) is 20.2 Å². The number of urea groups is 1. The van der Waals surface area contributed by atoms with Gasteiger partial charge in [-0.25, -0.2) is 19.6 Å². The second-order valence-corrected chi connectivity index (χ2v) is 8.86. The van der Waals surface area contributed by atoms with Gasteiger partial charge in [0.25, 0.3) is 0 Å². The minimum absolute atomic E-state index is 0.0600.